The highest BCUT2D eigenvalue weighted by atomic mass is 32.1. The quantitative estimate of drug-likeness (QED) is 0.870. The van der Waals surface area contributed by atoms with Crippen molar-refractivity contribution in [3.63, 3.8) is 0 Å². The summed E-state index contributed by atoms with van der Waals surface area (Å²) in [7, 11) is 0. The van der Waals surface area contributed by atoms with Gasteiger partial charge >= 0.3 is 0 Å². The Balaban J connectivity index is 1.47. The molecule has 3 rings (SSSR count). The molecule has 1 aliphatic heterocycles. The van der Waals surface area contributed by atoms with Crippen molar-refractivity contribution < 1.29 is 4.79 Å². The number of rotatable bonds is 4. The van der Waals surface area contributed by atoms with Gasteiger partial charge in [-0.3, -0.25) is 4.79 Å². The highest BCUT2D eigenvalue weighted by molar-refractivity contribution is 7.09. The van der Waals surface area contributed by atoms with E-state index in [1.807, 2.05) is 23.3 Å². The van der Waals surface area contributed by atoms with Gasteiger partial charge in [0.15, 0.2) is 0 Å². The van der Waals surface area contributed by atoms with Gasteiger partial charge in [-0.2, -0.15) is 0 Å². The van der Waals surface area contributed by atoms with E-state index in [0.29, 0.717) is 6.42 Å². The summed E-state index contributed by atoms with van der Waals surface area (Å²) in [6.07, 6.45) is 1.33. The van der Waals surface area contributed by atoms with Crippen molar-refractivity contribution >= 4 is 22.9 Å². The van der Waals surface area contributed by atoms with Crippen LogP contribution in [0.5, 0.6) is 0 Å². The number of aromatic nitrogens is 1. The molecular formula is C17H21N3OS. The number of thiazole rings is 1. The first kappa shape index (κ1) is 15.0. The first-order valence-corrected chi connectivity index (χ1v) is 8.59. The van der Waals surface area contributed by atoms with Gasteiger partial charge in [0.25, 0.3) is 0 Å². The van der Waals surface area contributed by atoms with Gasteiger partial charge in [-0.05, 0) is 19.1 Å². The number of anilines is 1. The van der Waals surface area contributed by atoms with Crippen LogP contribution in [0.4, 0.5) is 5.69 Å². The molecule has 0 unspecified atom stereocenters. The Morgan fingerprint density at radius 2 is 1.91 bits per heavy atom. The SMILES string of the molecule is Cc1csc(CCC(=O)N2CCN(c3ccccc3)CC2)n1. The van der Waals surface area contributed by atoms with Crippen LogP contribution in [0, 0.1) is 6.92 Å². The summed E-state index contributed by atoms with van der Waals surface area (Å²) in [5.74, 6) is 0.251. The second-order valence-corrected chi connectivity index (χ2v) is 6.53. The number of carbonyl (C=O) groups excluding carboxylic acids is 1. The third-order valence-electron chi connectivity index (χ3n) is 3.97. The lowest BCUT2D eigenvalue weighted by Gasteiger charge is -2.36. The van der Waals surface area contributed by atoms with E-state index >= 15 is 0 Å². The molecule has 1 amide bonds. The maximum Gasteiger partial charge on any atom is 0.223 e. The van der Waals surface area contributed by atoms with E-state index in [1.165, 1.54) is 5.69 Å². The van der Waals surface area contributed by atoms with Crippen LogP contribution in [0.1, 0.15) is 17.1 Å². The van der Waals surface area contributed by atoms with Gasteiger partial charge in [-0.1, -0.05) is 18.2 Å². The molecule has 116 valence electrons. The molecule has 0 bridgehead atoms. The molecule has 1 saturated heterocycles. The number of para-hydroxylation sites is 1. The number of piperazine rings is 1. The number of amides is 1. The Kier molecular flexibility index (Phi) is 4.73. The molecule has 1 aromatic heterocycles. The van der Waals surface area contributed by atoms with Crippen LogP contribution in [0.15, 0.2) is 35.7 Å². The van der Waals surface area contributed by atoms with Crippen LogP contribution in [-0.4, -0.2) is 42.0 Å². The van der Waals surface area contributed by atoms with Crippen LogP contribution >= 0.6 is 11.3 Å². The Bertz CT molecular complexity index is 618. The van der Waals surface area contributed by atoms with E-state index in [-0.39, 0.29) is 5.91 Å². The summed E-state index contributed by atoms with van der Waals surface area (Å²) in [4.78, 5) is 21.1. The highest BCUT2D eigenvalue weighted by Gasteiger charge is 2.21. The van der Waals surface area contributed by atoms with E-state index in [4.69, 9.17) is 0 Å². The number of hydrogen-bond donors (Lipinski definition) is 0. The first-order valence-electron chi connectivity index (χ1n) is 7.71. The number of hydrogen-bond acceptors (Lipinski definition) is 4. The fraction of sp³-hybridized carbons (Fsp3) is 0.412. The van der Waals surface area contributed by atoms with E-state index in [2.05, 4.69) is 34.1 Å². The molecule has 0 spiro atoms. The second kappa shape index (κ2) is 6.92. The second-order valence-electron chi connectivity index (χ2n) is 5.59. The molecule has 1 aliphatic rings. The van der Waals surface area contributed by atoms with Crippen molar-refractivity contribution in [1.29, 1.82) is 0 Å². The topological polar surface area (TPSA) is 36.4 Å². The Morgan fingerprint density at radius 1 is 1.18 bits per heavy atom. The molecule has 4 nitrogen and oxygen atoms in total. The van der Waals surface area contributed by atoms with E-state index in [0.717, 1.165) is 43.3 Å². The number of aryl methyl sites for hydroxylation is 2. The molecule has 0 atom stereocenters. The summed E-state index contributed by atoms with van der Waals surface area (Å²) in [6, 6.07) is 10.4. The van der Waals surface area contributed by atoms with Gasteiger partial charge < -0.3 is 9.80 Å². The van der Waals surface area contributed by atoms with Gasteiger partial charge in [0.05, 0.1) is 5.01 Å². The summed E-state index contributed by atoms with van der Waals surface area (Å²) in [5.41, 5.74) is 2.29. The molecule has 0 aliphatic carbocycles. The summed E-state index contributed by atoms with van der Waals surface area (Å²) in [5, 5.41) is 3.10. The molecule has 0 radical (unpaired) electrons. The minimum atomic E-state index is 0.251. The molecule has 0 N–H and O–H groups in total. The van der Waals surface area contributed by atoms with Gasteiger partial charge in [0.2, 0.25) is 5.91 Å². The highest BCUT2D eigenvalue weighted by Crippen LogP contribution is 2.17. The van der Waals surface area contributed by atoms with Crippen LogP contribution in [-0.2, 0) is 11.2 Å². The minimum absolute atomic E-state index is 0.251. The van der Waals surface area contributed by atoms with Gasteiger partial charge in [0.1, 0.15) is 0 Å². The Labute approximate surface area is 135 Å². The van der Waals surface area contributed by atoms with Crippen LogP contribution < -0.4 is 4.90 Å². The van der Waals surface area contributed by atoms with Crippen molar-refractivity contribution in [2.45, 2.75) is 19.8 Å². The normalized spacial score (nSPS) is 15.1. The molecule has 5 heteroatoms. The largest absolute Gasteiger partial charge is 0.368 e. The average Bonchev–Trinajstić information content (AvgIpc) is 2.99. The van der Waals surface area contributed by atoms with E-state index < -0.39 is 0 Å². The number of carbonyl (C=O) groups is 1. The molecular weight excluding hydrogens is 294 g/mol. The van der Waals surface area contributed by atoms with Crippen molar-refractivity contribution in [3.05, 3.63) is 46.4 Å². The zero-order chi connectivity index (χ0) is 15.4. The lowest BCUT2D eigenvalue weighted by Crippen LogP contribution is -2.48. The fourth-order valence-corrected chi connectivity index (χ4v) is 3.52. The van der Waals surface area contributed by atoms with Crippen molar-refractivity contribution in [2.75, 3.05) is 31.1 Å². The third kappa shape index (κ3) is 3.65. The molecule has 0 saturated carbocycles. The maximum absolute atomic E-state index is 12.3. The summed E-state index contributed by atoms with van der Waals surface area (Å²) in [6.45, 7) is 5.43. The molecule has 22 heavy (non-hydrogen) atoms. The Hall–Kier alpha value is -1.88. The fourth-order valence-electron chi connectivity index (χ4n) is 2.74. The molecule has 2 aromatic rings. The predicted octanol–water partition coefficient (Wildman–Crippen LogP) is 2.73. The van der Waals surface area contributed by atoms with Crippen LogP contribution in [0.25, 0.3) is 0 Å². The summed E-state index contributed by atoms with van der Waals surface area (Å²) >= 11 is 1.65. The molecule has 2 heterocycles. The maximum atomic E-state index is 12.3. The summed E-state index contributed by atoms with van der Waals surface area (Å²) < 4.78 is 0. The zero-order valence-electron chi connectivity index (χ0n) is 12.9. The van der Waals surface area contributed by atoms with E-state index in [1.54, 1.807) is 11.3 Å². The van der Waals surface area contributed by atoms with Crippen LogP contribution in [0.2, 0.25) is 0 Å². The number of benzene rings is 1. The predicted molar refractivity (Wildman–Crippen MR) is 90.4 cm³/mol. The zero-order valence-corrected chi connectivity index (χ0v) is 13.7. The smallest absolute Gasteiger partial charge is 0.223 e. The van der Waals surface area contributed by atoms with Gasteiger partial charge in [-0.15, -0.1) is 11.3 Å². The lowest BCUT2D eigenvalue weighted by molar-refractivity contribution is -0.131. The average molecular weight is 315 g/mol. The van der Waals surface area contributed by atoms with E-state index in [9.17, 15) is 4.79 Å². The minimum Gasteiger partial charge on any atom is -0.368 e. The van der Waals surface area contributed by atoms with Crippen LogP contribution in [0.3, 0.4) is 0 Å². The standard InChI is InChI=1S/C17H21N3OS/c1-14-13-22-16(18-14)7-8-17(21)20-11-9-19(10-12-20)15-5-3-2-4-6-15/h2-6,13H,7-12H2,1H3. The number of nitrogens with zero attached hydrogens (tertiary/aromatic N) is 3. The van der Waals surface area contributed by atoms with Crippen molar-refractivity contribution in [1.82, 2.24) is 9.88 Å². The van der Waals surface area contributed by atoms with Gasteiger partial charge in [-0.25, -0.2) is 4.98 Å². The monoisotopic (exact) mass is 315 g/mol. The van der Waals surface area contributed by atoms with Crippen molar-refractivity contribution in [2.24, 2.45) is 0 Å². The third-order valence-corrected chi connectivity index (χ3v) is 5.00. The lowest BCUT2D eigenvalue weighted by atomic mass is 10.2. The van der Waals surface area contributed by atoms with Gasteiger partial charge in [0, 0.05) is 55.8 Å². The molecule has 1 aromatic carbocycles. The molecule has 1 fully saturated rings. The van der Waals surface area contributed by atoms with Crippen molar-refractivity contribution in [3.8, 4) is 0 Å². The Morgan fingerprint density at radius 3 is 2.55 bits per heavy atom. The first-order chi connectivity index (χ1) is 10.7.